The molecule has 0 saturated carbocycles. The predicted octanol–water partition coefficient (Wildman–Crippen LogP) is 1.66. The molecule has 2 N–H and O–H groups in total. The van der Waals surface area contributed by atoms with Crippen LogP contribution in [0.1, 0.15) is 19.4 Å². The van der Waals surface area contributed by atoms with Crippen LogP contribution in [0, 0.1) is 0 Å². The summed E-state index contributed by atoms with van der Waals surface area (Å²) in [5.74, 6) is 0.303. The highest BCUT2D eigenvalue weighted by molar-refractivity contribution is 5.26. The first-order valence-corrected chi connectivity index (χ1v) is 5.28. The lowest BCUT2D eigenvalue weighted by atomic mass is 10.0. The molecule has 1 aliphatic heterocycles. The average molecular weight is 207 g/mol. The Morgan fingerprint density at radius 1 is 1.47 bits per heavy atom. The number of ether oxygens (including phenoxy) is 1. The Kier molecular flexibility index (Phi) is 2.67. The second-order valence-corrected chi connectivity index (χ2v) is 4.38. The maximum absolute atomic E-state index is 9.18. The highest BCUT2D eigenvalue weighted by Gasteiger charge is 2.33. The molecular weight excluding hydrogens is 190 g/mol. The van der Waals surface area contributed by atoms with Gasteiger partial charge in [0.2, 0.25) is 0 Å². The highest BCUT2D eigenvalue weighted by Crippen LogP contribution is 2.22. The van der Waals surface area contributed by atoms with E-state index in [4.69, 9.17) is 4.74 Å². The van der Waals surface area contributed by atoms with Gasteiger partial charge in [0.05, 0.1) is 6.10 Å². The second kappa shape index (κ2) is 3.83. The number of hydrogen-bond donors (Lipinski definition) is 2. The molecule has 0 bridgehead atoms. The molecular formula is C12H17NO2. The molecule has 0 aromatic heterocycles. The van der Waals surface area contributed by atoms with Gasteiger partial charge in [-0.1, -0.05) is 12.1 Å². The van der Waals surface area contributed by atoms with Crippen molar-refractivity contribution < 1.29 is 9.84 Å². The molecule has 2 atom stereocenters. The number of aromatic hydroxyl groups is 1. The molecule has 0 spiro atoms. The molecule has 0 amide bonds. The highest BCUT2D eigenvalue weighted by atomic mass is 16.5. The third-order valence-electron chi connectivity index (χ3n) is 2.70. The number of phenols is 1. The van der Waals surface area contributed by atoms with E-state index in [1.165, 1.54) is 0 Å². The van der Waals surface area contributed by atoms with Crippen LogP contribution in [-0.4, -0.2) is 23.5 Å². The minimum absolute atomic E-state index is 0.267. The molecule has 1 aromatic carbocycles. The van der Waals surface area contributed by atoms with Gasteiger partial charge in [-0.25, -0.2) is 0 Å². The normalized spacial score (nSPS) is 30.7. The third-order valence-corrected chi connectivity index (χ3v) is 2.70. The minimum Gasteiger partial charge on any atom is -0.508 e. The summed E-state index contributed by atoms with van der Waals surface area (Å²) < 4.78 is 5.81. The molecule has 0 radical (unpaired) electrons. The van der Waals surface area contributed by atoms with Crippen molar-refractivity contribution in [3.63, 3.8) is 0 Å². The van der Waals surface area contributed by atoms with Crippen LogP contribution in [0.15, 0.2) is 24.3 Å². The zero-order chi connectivity index (χ0) is 10.9. The lowest BCUT2D eigenvalue weighted by molar-refractivity contribution is -0.0292. The maximum atomic E-state index is 9.18. The van der Waals surface area contributed by atoms with Gasteiger partial charge in [-0.2, -0.15) is 0 Å². The summed E-state index contributed by atoms with van der Waals surface area (Å²) in [7, 11) is 0. The fourth-order valence-electron chi connectivity index (χ4n) is 1.99. The number of benzene rings is 1. The molecule has 0 aliphatic carbocycles. The smallest absolute Gasteiger partial charge is 0.120 e. The molecule has 15 heavy (non-hydrogen) atoms. The molecule has 1 fully saturated rings. The quantitative estimate of drug-likeness (QED) is 0.775. The Morgan fingerprint density at radius 3 is 2.67 bits per heavy atom. The van der Waals surface area contributed by atoms with E-state index in [0.29, 0.717) is 5.75 Å². The standard InChI is InChI=1S/C12H17NO2/c1-9-8-13-12(2,15-9)7-10-3-5-11(14)6-4-10/h3-6,9,13-14H,7-8H2,1-2H3. The molecule has 1 saturated heterocycles. The van der Waals surface area contributed by atoms with Gasteiger partial charge in [-0.3, -0.25) is 5.32 Å². The Labute approximate surface area is 90.1 Å². The molecule has 1 heterocycles. The Bertz CT molecular complexity index is 336. The summed E-state index contributed by atoms with van der Waals surface area (Å²) in [6, 6.07) is 7.26. The van der Waals surface area contributed by atoms with E-state index in [-0.39, 0.29) is 11.8 Å². The van der Waals surface area contributed by atoms with Crippen LogP contribution < -0.4 is 5.32 Å². The van der Waals surface area contributed by atoms with Crippen LogP contribution in [0.25, 0.3) is 0 Å². The zero-order valence-corrected chi connectivity index (χ0v) is 9.16. The zero-order valence-electron chi connectivity index (χ0n) is 9.16. The summed E-state index contributed by atoms with van der Waals surface area (Å²) in [5, 5.41) is 12.5. The Balaban J connectivity index is 2.05. The van der Waals surface area contributed by atoms with Crippen LogP contribution in [0.2, 0.25) is 0 Å². The molecule has 2 unspecified atom stereocenters. The van der Waals surface area contributed by atoms with Crippen molar-refractivity contribution in [2.75, 3.05) is 6.54 Å². The SMILES string of the molecule is CC1CNC(C)(Cc2ccc(O)cc2)O1. The van der Waals surface area contributed by atoms with Gasteiger partial charge in [-0.05, 0) is 31.5 Å². The number of hydrogen-bond acceptors (Lipinski definition) is 3. The van der Waals surface area contributed by atoms with Crippen molar-refractivity contribution in [3.8, 4) is 5.75 Å². The lowest BCUT2D eigenvalue weighted by Gasteiger charge is -2.24. The monoisotopic (exact) mass is 207 g/mol. The van der Waals surface area contributed by atoms with Gasteiger partial charge in [-0.15, -0.1) is 0 Å². The molecule has 3 nitrogen and oxygen atoms in total. The summed E-state index contributed by atoms with van der Waals surface area (Å²) >= 11 is 0. The second-order valence-electron chi connectivity index (χ2n) is 4.38. The summed E-state index contributed by atoms with van der Waals surface area (Å²) in [4.78, 5) is 0. The van der Waals surface area contributed by atoms with E-state index in [9.17, 15) is 5.11 Å². The maximum Gasteiger partial charge on any atom is 0.120 e. The first-order valence-electron chi connectivity index (χ1n) is 5.28. The van der Waals surface area contributed by atoms with Gasteiger partial charge >= 0.3 is 0 Å². The fourth-order valence-corrected chi connectivity index (χ4v) is 1.99. The van der Waals surface area contributed by atoms with Gasteiger partial charge < -0.3 is 9.84 Å². The van der Waals surface area contributed by atoms with Gasteiger partial charge in [0, 0.05) is 13.0 Å². The summed E-state index contributed by atoms with van der Waals surface area (Å²) in [5.41, 5.74) is 0.896. The van der Waals surface area contributed by atoms with Crippen LogP contribution in [0.3, 0.4) is 0 Å². The van der Waals surface area contributed by atoms with Crippen molar-refractivity contribution >= 4 is 0 Å². The summed E-state index contributed by atoms with van der Waals surface area (Å²) in [6.45, 7) is 5.02. The van der Waals surface area contributed by atoms with E-state index < -0.39 is 0 Å². The van der Waals surface area contributed by atoms with Gasteiger partial charge in [0.15, 0.2) is 0 Å². The number of nitrogens with one attached hydrogen (secondary N) is 1. The Hall–Kier alpha value is -1.06. The van der Waals surface area contributed by atoms with Crippen LogP contribution >= 0.6 is 0 Å². The first kappa shape index (κ1) is 10.5. The number of rotatable bonds is 2. The van der Waals surface area contributed by atoms with Crippen molar-refractivity contribution in [1.29, 1.82) is 0 Å². The molecule has 1 aliphatic rings. The molecule has 1 aromatic rings. The van der Waals surface area contributed by atoms with E-state index in [1.807, 2.05) is 12.1 Å². The molecule has 2 rings (SSSR count). The van der Waals surface area contributed by atoms with E-state index >= 15 is 0 Å². The average Bonchev–Trinajstić information content (AvgIpc) is 2.50. The van der Waals surface area contributed by atoms with Gasteiger partial charge in [0.25, 0.3) is 0 Å². The first-order chi connectivity index (χ1) is 7.07. The van der Waals surface area contributed by atoms with Crippen LogP contribution in [0.5, 0.6) is 5.75 Å². The Morgan fingerprint density at radius 2 is 2.13 bits per heavy atom. The summed E-state index contributed by atoms with van der Waals surface area (Å²) in [6.07, 6.45) is 1.09. The lowest BCUT2D eigenvalue weighted by Crippen LogP contribution is -2.39. The van der Waals surface area contributed by atoms with Crippen LogP contribution in [-0.2, 0) is 11.2 Å². The van der Waals surface area contributed by atoms with Crippen molar-refractivity contribution in [1.82, 2.24) is 5.32 Å². The minimum atomic E-state index is -0.267. The molecule has 3 heteroatoms. The van der Waals surface area contributed by atoms with Crippen molar-refractivity contribution in [2.24, 2.45) is 0 Å². The number of phenolic OH excluding ortho intramolecular Hbond substituents is 1. The van der Waals surface area contributed by atoms with Gasteiger partial charge in [0.1, 0.15) is 11.5 Å². The third kappa shape index (κ3) is 2.49. The predicted molar refractivity (Wildman–Crippen MR) is 58.8 cm³/mol. The largest absolute Gasteiger partial charge is 0.508 e. The molecule has 82 valence electrons. The van der Waals surface area contributed by atoms with Crippen molar-refractivity contribution in [2.45, 2.75) is 32.1 Å². The van der Waals surface area contributed by atoms with Crippen molar-refractivity contribution in [3.05, 3.63) is 29.8 Å². The van der Waals surface area contributed by atoms with E-state index in [0.717, 1.165) is 18.5 Å². The fraction of sp³-hybridized carbons (Fsp3) is 0.500. The van der Waals surface area contributed by atoms with E-state index in [1.54, 1.807) is 12.1 Å². The van der Waals surface area contributed by atoms with E-state index in [2.05, 4.69) is 19.2 Å². The van der Waals surface area contributed by atoms with Crippen LogP contribution in [0.4, 0.5) is 0 Å². The topological polar surface area (TPSA) is 41.5 Å².